The highest BCUT2D eigenvalue weighted by Gasteiger charge is 2.30. The topological polar surface area (TPSA) is 89.4 Å². The number of hydrogen-bond acceptors (Lipinski definition) is 6. The van der Waals surface area contributed by atoms with Gasteiger partial charge in [-0.15, -0.1) is 11.6 Å². The van der Waals surface area contributed by atoms with Crippen molar-refractivity contribution < 1.29 is 14.3 Å². The Kier molecular flexibility index (Phi) is 6.07. The van der Waals surface area contributed by atoms with Crippen molar-refractivity contribution in [3.05, 3.63) is 18.6 Å². The van der Waals surface area contributed by atoms with E-state index < -0.39 is 5.41 Å². The Bertz CT molecular complexity index is 858. The quantitative estimate of drug-likeness (QED) is 0.583. The van der Waals surface area contributed by atoms with Gasteiger partial charge in [0.1, 0.15) is 23.7 Å². The van der Waals surface area contributed by atoms with E-state index in [0.717, 1.165) is 29.7 Å². The first kappa shape index (κ1) is 20.4. The zero-order chi connectivity index (χ0) is 20.3. The molecule has 1 amide bonds. The van der Waals surface area contributed by atoms with Crippen molar-refractivity contribution in [3.8, 4) is 0 Å². The first-order valence-electron chi connectivity index (χ1n) is 9.34. The highest BCUT2D eigenvalue weighted by Crippen LogP contribution is 2.27. The lowest BCUT2D eigenvalue weighted by molar-refractivity contribution is -0.151. The predicted molar refractivity (Wildman–Crippen MR) is 107 cm³/mol. The number of amides is 1. The number of nitrogens with zero attached hydrogens (tertiary/aromatic N) is 4. The van der Waals surface area contributed by atoms with Crippen LogP contribution in [0, 0.1) is 5.41 Å². The number of piperidine rings is 1. The predicted octanol–water partition coefficient (Wildman–Crippen LogP) is 2.27. The second-order valence-electron chi connectivity index (χ2n) is 7.71. The number of rotatable bonds is 6. The number of fused-ring (bicyclic) bond motifs is 1. The van der Waals surface area contributed by atoms with Crippen molar-refractivity contribution in [1.29, 1.82) is 0 Å². The molecule has 28 heavy (non-hydrogen) atoms. The molecule has 1 aliphatic heterocycles. The molecule has 3 rings (SSSR count). The van der Waals surface area contributed by atoms with E-state index in [1.54, 1.807) is 4.90 Å². The van der Waals surface area contributed by atoms with Crippen LogP contribution in [0.3, 0.4) is 0 Å². The molecule has 152 valence electrons. The van der Waals surface area contributed by atoms with E-state index in [0.29, 0.717) is 19.6 Å². The number of nitrogens with one attached hydrogen (secondary N) is 1. The van der Waals surface area contributed by atoms with Crippen molar-refractivity contribution in [2.75, 3.05) is 31.4 Å². The molecule has 1 saturated heterocycles. The fourth-order valence-electron chi connectivity index (χ4n) is 3.56. The number of anilines is 1. The molecule has 2 aromatic heterocycles. The second-order valence-corrected chi connectivity index (χ2v) is 7.98. The fourth-order valence-corrected chi connectivity index (χ4v) is 3.73. The number of hydrogen-bond donors (Lipinski definition) is 1. The summed E-state index contributed by atoms with van der Waals surface area (Å²) in [6, 6.07) is 2.18. The Labute approximate surface area is 169 Å². The van der Waals surface area contributed by atoms with E-state index >= 15 is 0 Å². The molecule has 0 saturated carbocycles. The maximum absolute atomic E-state index is 12.0. The number of carbonyl (C=O) groups is 2. The van der Waals surface area contributed by atoms with Crippen LogP contribution < -0.4 is 5.32 Å². The molecule has 0 radical (unpaired) electrons. The number of ether oxygens (including phenoxy) is 1. The number of alkyl halides is 1. The maximum Gasteiger partial charge on any atom is 0.313 e. The van der Waals surface area contributed by atoms with Crippen LogP contribution in [0.4, 0.5) is 5.82 Å². The van der Waals surface area contributed by atoms with Gasteiger partial charge in [-0.25, -0.2) is 9.97 Å². The molecule has 1 fully saturated rings. The number of carbonyl (C=O) groups excluding carboxylic acids is 2. The van der Waals surface area contributed by atoms with Crippen molar-refractivity contribution in [2.45, 2.75) is 39.3 Å². The zero-order valence-corrected chi connectivity index (χ0v) is 17.2. The smallest absolute Gasteiger partial charge is 0.313 e. The summed E-state index contributed by atoms with van der Waals surface area (Å²) < 4.78 is 6.85. The summed E-state index contributed by atoms with van der Waals surface area (Å²) in [6.07, 6.45) is 5.11. The van der Waals surface area contributed by atoms with Gasteiger partial charge in [-0.1, -0.05) is 0 Å². The molecule has 3 heterocycles. The molecule has 0 bridgehead atoms. The van der Waals surface area contributed by atoms with Crippen LogP contribution >= 0.6 is 11.6 Å². The van der Waals surface area contributed by atoms with Crippen LogP contribution in [0.5, 0.6) is 0 Å². The van der Waals surface area contributed by atoms with E-state index in [1.165, 1.54) is 13.4 Å². The third kappa shape index (κ3) is 4.22. The summed E-state index contributed by atoms with van der Waals surface area (Å²) in [5, 5.41) is 4.39. The van der Waals surface area contributed by atoms with Gasteiger partial charge in [0.15, 0.2) is 0 Å². The molecule has 0 aromatic carbocycles. The number of esters is 1. The van der Waals surface area contributed by atoms with Crippen molar-refractivity contribution in [3.63, 3.8) is 0 Å². The molecule has 0 spiro atoms. The summed E-state index contributed by atoms with van der Waals surface area (Å²) in [4.78, 5) is 34.3. The minimum atomic E-state index is -0.666. The number of likely N-dealkylation sites (tertiary alicyclic amines) is 1. The SMILES string of the molecule is COC(=O)C(C)(C)Cn1ccc2c(NC3CCN(C(=O)CCl)CC3)ncnc21. The Hall–Kier alpha value is -2.35. The Morgan fingerprint density at radius 1 is 1.32 bits per heavy atom. The first-order valence-corrected chi connectivity index (χ1v) is 9.87. The van der Waals surface area contributed by atoms with E-state index in [9.17, 15) is 9.59 Å². The third-order valence-electron chi connectivity index (χ3n) is 5.16. The average molecular weight is 408 g/mol. The van der Waals surface area contributed by atoms with E-state index in [2.05, 4.69) is 15.3 Å². The largest absolute Gasteiger partial charge is 0.469 e. The Morgan fingerprint density at radius 3 is 2.68 bits per heavy atom. The lowest BCUT2D eigenvalue weighted by atomic mass is 9.94. The van der Waals surface area contributed by atoms with E-state index in [4.69, 9.17) is 16.3 Å². The number of methoxy groups -OCH3 is 1. The number of halogens is 1. The summed E-state index contributed by atoms with van der Waals surface area (Å²) >= 11 is 5.64. The first-order chi connectivity index (χ1) is 13.4. The average Bonchev–Trinajstić information content (AvgIpc) is 3.10. The second kappa shape index (κ2) is 8.34. The molecule has 0 aliphatic carbocycles. The number of aromatic nitrogens is 3. The van der Waals surface area contributed by atoms with Gasteiger partial charge in [0.05, 0.1) is 17.9 Å². The van der Waals surface area contributed by atoms with Crippen LogP contribution in [-0.4, -0.2) is 63.4 Å². The van der Waals surface area contributed by atoms with Gasteiger partial charge in [0.25, 0.3) is 0 Å². The van der Waals surface area contributed by atoms with Gasteiger partial charge in [-0.3, -0.25) is 9.59 Å². The summed E-state index contributed by atoms with van der Waals surface area (Å²) in [5.74, 6) is 0.511. The minimum Gasteiger partial charge on any atom is -0.469 e. The molecule has 1 N–H and O–H groups in total. The fraction of sp³-hybridized carbons (Fsp3) is 0.579. The Morgan fingerprint density at radius 2 is 2.04 bits per heavy atom. The van der Waals surface area contributed by atoms with Crippen molar-refractivity contribution in [2.24, 2.45) is 5.41 Å². The van der Waals surface area contributed by atoms with Crippen LogP contribution in [0.15, 0.2) is 18.6 Å². The van der Waals surface area contributed by atoms with Gasteiger partial charge in [0, 0.05) is 31.9 Å². The molecule has 0 atom stereocenters. The summed E-state index contributed by atoms with van der Waals surface area (Å²) in [6.45, 7) is 5.53. The van der Waals surface area contributed by atoms with Crippen molar-refractivity contribution >= 4 is 40.3 Å². The van der Waals surface area contributed by atoms with Crippen LogP contribution in [0.2, 0.25) is 0 Å². The van der Waals surface area contributed by atoms with Crippen molar-refractivity contribution in [1.82, 2.24) is 19.4 Å². The standard InChI is InChI=1S/C19H26ClN5O3/c1-19(2,18(27)28-3)11-25-9-6-14-16(21-12-22-17(14)25)23-13-4-7-24(8-5-13)15(26)10-20/h6,9,12-13H,4-5,7-8,10-11H2,1-3H3,(H,21,22,23). The van der Waals surface area contributed by atoms with E-state index in [-0.39, 0.29) is 23.8 Å². The third-order valence-corrected chi connectivity index (χ3v) is 5.39. The van der Waals surface area contributed by atoms with Crippen LogP contribution in [-0.2, 0) is 20.9 Å². The van der Waals surface area contributed by atoms with Gasteiger partial charge in [0.2, 0.25) is 5.91 Å². The molecule has 9 heteroatoms. The molecule has 1 aliphatic rings. The minimum absolute atomic E-state index is 0.0187. The van der Waals surface area contributed by atoms with E-state index in [1.807, 2.05) is 30.7 Å². The molecular formula is C19H26ClN5O3. The zero-order valence-electron chi connectivity index (χ0n) is 16.4. The lowest BCUT2D eigenvalue weighted by Gasteiger charge is -2.32. The van der Waals surface area contributed by atoms with Crippen LogP contribution in [0.25, 0.3) is 11.0 Å². The monoisotopic (exact) mass is 407 g/mol. The van der Waals surface area contributed by atoms with Gasteiger partial charge < -0.3 is 19.5 Å². The normalized spacial score (nSPS) is 15.6. The van der Waals surface area contributed by atoms with Gasteiger partial charge >= 0.3 is 5.97 Å². The molecule has 2 aromatic rings. The van der Waals surface area contributed by atoms with Crippen LogP contribution in [0.1, 0.15) is 26.7 Å². The van der Waals surface area contributed by atoms with Gasteiger partial charge in [-0.2, -0.15) is 0 Å². The maximum atomic E-state index is 12.0. The summed E-state index contributed by atoms with van der Waals surface area (Å²) in [7, 11) is 1.40. The van der Waals surface area contributed by atoms with Gasteiger partial charge in [-0.05, 0) is 32.8 Å². The highest BCUT2D eigenvalue weighted by molar-refractivity contribution is 6.27. The Balaban J connectivity index is 1.73. The highest BCUT2D eigenvalue weighted by atomic mass is 35.5. The molecular weight excluding hydrogens is 382 g/mol. The summed E-state index contributed by atoms with van der Waals surface area (Å²) in [5.41, 5.74) is 0.102. The lowest BCUT2D eigenvalue weighted by Crippen LogP contribution is -2.43. The molecule has 0 unspecified atom stereocenters. The molecule has 8 nitrogen and oxygen atoms in total.